The summed E-state index contributed by atoms with van der Waals surface area (Å²) in [4.78, 5) is 64.7. The second-order valence-corrected chi connectivity index (χ2v) is 9.98. The third-order valence-corrected chi connectivity index (χ3v) is 6.04. The molecule has 13 heteroatoms. The first-order valence-corrected chi connectivity index (χ1v) is 12.8. The highest BCUT2D eigenvalue weighted by molar-refractivity contribution is 5.92. The molecule has 0 aromatic carbocycles. The standard InChI is InChI=1S/C25H39N5O8/c1-14(2)23(34)17(28-24(35)18(27-15(3)4)6-9-21(31)32)7-10-22(33)37-13-16-5-8-20(38-16)30-12-11-19(26)29-25(30)36/h11-12,14-18,20,27H,5-10,13H2,1-4H3,(H,28,35)(H,31,32)(H2,26,29,36)/t16-,17?,18?,20+/m0/s1. The molecule has 212 valence electrons. The van der Waals surface area contributed by atoms with E-state index in [1.165, 1.54) is 16.8 Å². The van der Waals surface area contributed by atoms with Crippen LogP contribution in [0.5, 0.6) is 0 Å². The van der Waals surface area contributed by atoms with Crippen molar-refractivity contribution < 1.29 is 33.8 Å². The van der Waals surface area contributed by atoms with Gasteiger partial charge in [0.05, 0.1) is 18.2 Å². The van der Waals surface area contributed by atoms with Crippen LogP contribution in [0.4, 0.5) is 5.82 Å². The lowest BCUT2D eigenvalue weighted by molar-refractivity contribution is -0.149. The number of hydrogen-bond acceptors (Lipinski definition) is 10. The number of rotatable bonds is 15. The van der Waals surface area contributed by atoms with Gasteiger partial charge in [-0.15, -0.1) is 0 Å². The van der Waals surface area contributed by atoms with Gasteiger partial charge in [-0.1, -0.05) is 27.7 Å². The molecule has 0 radical (unpaired) electrons. The molecule has 1 aromatic rings. The summed E-state index contributed by atoms with van der Waals surface area (Å²) in [6.07, 6.45) is 1.46. The molecule has 1 saturated heterocycles. The van der Waals surface area contributed by atoms with Crippen LogP contribution in [0.15, 0.2) is 17.1 Å². The van der Waals surface area contributed by atoms with Gasteiger partial charge in [0, 0.05) is 31.0 Å². The number of carbonyl (C=O) groups is 4. The molecule has 38 heavy (non-hydrogen) atoms. The summed E-state index contributed by atoms with van der Waals surface area (Å²) in [5, 5.41) is 14.7. The Balaban J connectivity index is 1.89. The van der Waals surface area contributed by atoms with E-state index in [1.54, 1.807) is 13.8 Å². The minimum absolute atomic E-state index is 0.0167. The first-order chi connectivity index (χ1) is 17.9. The van der Waals surface area contributed by atoms with E-state index in [0.717, 1.165) is 0 Å². The molecular formula is C25H39N5O8. The van der Waals surface area contributed by atoms with E-state index in [4.69, 9.17) is 20.3 Å². The molecule has 2 unspecified atom stereocenters. The van der Waals surface area contributed by atoms with E-state index in [0.29, 0.717) is 12.8 Å². The van der Waals surface area contributed by atoms with Crippen molar-refractivity contribution >= 4 is 29.4 Å². The van der Waals surface area contributed by atoms with Crippen LogP contribution in [0.25, 0.3) is 0 Å². The van der Waals surface area contributed by atoms with Crippen LogP contribution >= 0.6 is 0 Å². The van der Waals surface area contributed by atoms with Gasteiger partial charge in [0.15, 0.2) is 5.78 Å². The Labute approximate surface area is 221 Å². The fraction of sp³-hybridized carbons (Fsp3) is 0.680. The average molecular weight is 538 g/mol. The Morgan fingerprint density at radius 1 is 1.16 bits per heavy atom. The Hall–Kier alpha value is -3.32. The van der Waals surface area contributed by atoms with E-state index >= 15 is 0 Å². The van der Waals surface area contributed by atoms with Gasteiger partial charge in [0.1, 0.15) is 18.7 Å². The summed E-state index contributed by atoms with van der Waals surface area (Å²) in [6.45, 7) is 7.04. The highest BCUT2D eigenvalue weighted by Gasteiger charge is 2.30. The Morgan fingerprint density at radius 2 is 1.84 bits per heavy atom. The number of Topliss-reactive ketones (excluding diaryl/α,β-unsaturated/α-hetero) is 1. The SMILES string of the molecule is CC(C)NC(CCC(=O)O)C(=O)NC(CCC(=O)OC[C@@H]1CC[C@H](n2ccc(N)nc2=O)O1)C(=O)C(C)C. The molecule has 5 N–H and O–H groups in total. The normalized spacial score (nSPS) is 18.8. The quantitative estimate of drug-likeness (QED) is 0.231. The van der Waals surface area contributed by atoms with Gasteiger partial charge in [-0.2, -0.15) is 4.98 Å². The van der Waals surface area contributed by atoms with Crippen molar-refractivity contribution in [1.82, 2.24) is 20.2 Å². The van der Waals surface area contributed by atoms with Crippen LogP contribution in [0, 0.1) is 5.92 Å². The zero-order chi connectivity index (χ0) is 28.4. The largest absolute Gasteiger partial charge is 0.481 e. The lowest BCUT2D eigenvalue weighted by atomic mass is 9.97. The highest BCUT2D eigenvalue weighted by Crippen LogP contribution is 2.27. The number of hydrogen-bond donors (Lipinski definition) is 4. The predicted octanol–water partition coefficient (Wildman–Crippen LogP) is 0.768. The van der Waals surface area contributed by atoms with E-state index in [9.17, 15) is 24.0 Å². The maximum absolute atomic E-state index is 12.9. The van der Waals surface area contributed by atoms with E-state index in [2.05, 4.69) is 15.6 Å². The number of nitrogen functional groups attached to an aromatic ring is 1. The molecule has 1 aliphatic rings. The second-order valence-electron chi connectivity index (χ2n) is 9.98. The van der Waals surface area contributed by atoms with Crippen molar-refractivity contribution in [3.05, 3.63) is 22.7 Å². The van der Waals surface area contributed by atoms with Gasteiger partial charge in [0.2, 0.25) is 5.91 Å². The fourth-order valence-electron chi connectivity index (χ4n) is 4.10. The number of nitrogens with two attached hydrogens (primary N) is 1. The van der Waals surface area contributed by atoms with Crippen molar-refractivity contribution in [3.63, 3.8) is 0 Å². The number of amides is 1. The summed E-state index contributed by atoms with van der Waals surface area (Å²) in [5.41, 5.74) is 4.99. The molecule has 2 heterocycles. The van der Waals surface area contributed by atoms with Crippen LogP contribution < -0.4 is 22.1 Å². The van der Waals surface area contributed by atoms with Crippen LogP contribution in [-0.4, -0.2) is 69.1 Å². The molecule has 1 fully saturated rings. The maximum Gasteiger partial charge on any atom is 0.351 e. The molecule has 2 rings (SSSR count). The molecule has 0 aliphatic carbocycles. The monoisotopic (exact) mass is 537 g/mol. The van der Waals surface area contributed by atoms with Gasteiger partial charge in [-0.05, 0) is 31.7 Å². The third-order valence-electron chi connectivity index (χ3n) is 6.04. The smallest absolute Gasteiger partial charge is 0.351 e. The number of carboxylic acids is 1. The van der Waals surface area contributed by atoms with Crippen LogP contribution in [0.2, 0.25) is 0 Å². The molecule has 4 atom stereocenters. The Morgan fingerprint density at radius 3 is 2.45 bits per heavy atom. The number of esters is 1. The zero-order valence-corrected chi connectivity index (χ0v) is 22.3. The summed E-state index contributed by atoms with van der Waals surface area (Å²) < 4.78 is 12.5. The number of aromatic nitrogens is 2. The minimum Gasteiger partial charge on any atom is -0.481 e. The van der Waals surface area contributed by atoms with Gasteiger partial charge >= 0.3 is 17.6 Å². The van der Waals surface area contributed by atoms with E-state index in [1.807, 2.05) is 13.8 Å². The number of carbonyl (C=O) groups excluding carboxylic acids is 3. The van der Waals surface area contributed by atoms with Gasteiger partial charge in [0.25, 0.3) is 0 Å². The summed E-state index contributed by atoms with van der Waals surface area (Å²) >= 11 is 0. The van der Waals surface area contributed by atoms with E-state index in [-0.39, 0.29) is 55.9 Å². The first-order valence-electron chi connectivity index (χ1n) is 12.8. The molecule has 13 nitrogen and oxygen atoms in total. The number of ether oxygens (including phenoxy) is 2. The van der Waals surface area contributed by atoms with Crippen LogP contribution in [-0.2, 0) is 28.7 Å². The van der Waals surface area contributed by atoms with Gasteiger partial charge < -0.3 is 30.9 Å². The number of nitrogens with zero attached hydrogens (tertiary/aromatic N) is 2. The van der Waals surface area contributed by atoms with Crippen molar-refractivity contribution in [2.75, 3.05) is 12.3 Å². The number of aliphatic carboxylic acids is 1. The van der Waals surface area contributed by atoms with Gasteiger partial charge in [-0.25, -0.2) is 4.79 Å². The third kappa shape index (κ3) is 9.86. The number of ketones is 1. The summed E-state index contributed by atoms with van der Waals surface area (Å²) in [6, 6.07) is -0.301. The number of carboxylic acid groups (broad SMARTS) is 1. The van der Waals surface area contributed by atoms with Crippen molar-refractivity contribution in [2.24, 2.45) is 5.92 Å². The molecule has 0 saturated carbocycles. The molecule has 1 aliphatic heterocycles. The first kappa shape index (κ1) is 30.9. The Kier molecular flexibility index (Phi) is 11.9. The van der Waals surface area contributed by atoms with Gasteiger partial charge in [-0.3, -0.25) is 23.7 Å². The number of anilines is 1. The molecule has 0 bridgehead atoms. The highest BCUT2D eigenvalue weighted by atomic mass is 16.6. The van der Waals surface area contributed by atoms with Crippen molar-refractivity contribution in [3.8, 4) is 0 Å². The summed E-state index contributed by atoms with van der Waals surface area (Å²) in [5.74, 6) is -2.58. The van der Waals surface area contributed by atoms with Crippen LogP contribution in [0.3, 0.4) is 0 Å². The van der Waals surface area contributed by atoms with E-state index < -0.39 is 48.0 Å². The van der Waals surface area contributed by atoms with Crippen molar-refractivity contribution in [1.29, 1.82) is 0 Å². The van der Waals surface area contributed by atoms with Crippen molar-refractivity contribution in [2.45, 2.75) is 96.7 Å². The lowest BCUT2D eigenvalue weighted by Gasteiger charge is -2.25. The fourth-order valence-corrected chi connectivity index (χ4v) is 4.10. The average Bonchev–Trinajstić information content (AvgIpc) is 3.30. The second kappa shape index (κ2) is 14.6. The predicted molar refractivity (Wildman–Crippen MR) is 137 cm³/mol. The maximum atomic E-state index is 12.9. The molecule has 1 aromatic heterocycles. The Bertz CT molecular complexity index is 1040. The molecule has 0 spiro atoms. The summed E-state index contributed by atoms with van der Waals surface area (Å²) in [7, 11) is 0. The zero-order valence-electron chi connectivity index (χ0n) is 22.3. The topological polar surface area (TPSA) is 192 Å². The van der Waals surface area contributed by atoms with Crippen LogP contribution in [0.1, 0.15) is 72.4 Å². The number of nitrogens with one attached hydrogen (secondary N) is 2. The lowest BCUT2D eigenvalue weighted by Crippen LogP contribution is -2.52. The molecule has 1 amide bonds. The minimum atomic E-state index is -1.03. The molecular weight excluding hydrogens is 498 g/mol.